The standard InChI is InChI=1S/C22H28N6O3/c1-4-16-21(30)27(2)17-12-24-22(26-20(17)28(16)14-7-5-6-8-14)25-15-10-9-13(19(23)29)11-18(15)31-3/h9-12,14,16H,4-8H2,1-3H3,(H2,23,29)(H,24,25,26). The van der Waals surface area contributed by atoms with E-state index in [1.165, 1.54) is 7.11 Å². The highest BCUT2D eigenvalue weighted by Crippen LogP contribution is 2.40. The number of nitrogens with one attached hydrogen (secondary N) is 1. The predicted molar refractivity (Wildman–Crippen MR) is 119 cm³/mol. The molecule has 2 heterocycles. The van der Waals surface area contributed by atoms with Crippen LogP contribution in [0.4, 0.5) is 23.1 Å². The van der Waals surface area contributed by atoms with Gasteiger partial charge in [0.25, 0.3) is 0 Å². The zero-order valence-electron chi connectivity index (χ0n) is 18.1. The Morgan fingerprint density at radius 2 is 2.06 bits per heavy atom. The van der Waals surface area contributed by atoms with E-state index in [1.807, 2.05) is 6.92 Å². The number of anilines is 4. The minimum absolute atomic E-state index is 0.0786. The van der Waals surface area contributed by atoms with Crippen molar-refractivity contribution in [2.75, 3.05) is 29.3 Å². The van der Waals surface area contributed by atoms with E-state index in [0.29, 0.717) is 41.1 Å². The van der Waals surface area contributed by atoms with E-state index in [1.54, 1.807) is 36.3 Å². The lowest BCUT2D eigenvalue weighted by Gasteiger charge is -2.43. The van der Waals surface area contributed by atoms with Gasteiger partial charge in [-0.05, 0) is 37.5 Å². The number of primary amides is 1. The summed E-state index contributed by atoms with van der Waals surface area (Å²) in [7, 11) is 3.30. The van der Waals surface area contributed by atoms with Gasteiger partial charge in [0.05, 0.1) is 19.0 Å². The van der Waals surface area contributed by atoms with Crippen LogP contribution in [0.2, 0.25) is 0 Å². The Bertz CT molecular complexity index is 1000. The number of ether oxygens (including phenoxy) is 1. The second-order valence-electron chi connectivity index (χ2n) is 7.97. The zero-order chi connectivity index (χ0) is 22.1. The number of hydrogen-bond donors (Lipinski definition) is 2. The van der Waals surface area contributed by atoms with Gasteiger partial charge in [0.1, 0.15) is 17.5 Å². The van der Waals surface area contributed by atoms with Gasteiger partial charge in [0.2, 0.25) is 17.8 Å². The van der Waals surface area contributed by atoms with Crippen LogP contribution in [0.25, 0.3) is 0 Å². The Morgan fingerprint density at radius 3 is 2.71 bits per heavy atom. The topological polar surface area (TPSA) is 114 Å². The fourth-order valence-corrected chi connectivity index (χ4v) is 4.51. The summed E-state index contributed by atoms with van der Waals surface area (Å²) < 4.78 is 5.40. The molecule has 1 aliphatic carbocycles. The van der Waals surface area contributed by atoms with E-state index in [0.717, 1.165) is 31.5 Å². The Balaban J connectivity index is 1.72. The first-order valence-corrected chi connectivity index (χ1v) is 10.6. The summed E-state index contributed by atoms with van der Waals surface area (Å²) in [6, 6.07) is 4.98. The number of nitrogens with zero attached hydrogens (tertiary/aromatic N) is 4. The highest BCUT2D eigenvalue weighted by Gasteiger charge is 2.41. The third-order valence-corrected chi connectivity index (χ3v) is 6.14. The molecule has 1 aliphatic heterocycles. The molecule has 1 aromatic heterocycles. The third-order valence-electron chi connectivity index (χ3n) is 6.14. The molecular weight excluding hydrogens is 396 g/mol. The Morgan fingerprint density at radius 1 is 1.32 bits per heavy atom. The summed E-state index contributed by atoms with van der Waals surface area (Å²) in [5.41, 5.74) is 7.05. The van der Waals surface area contributed by atoms with Gasteiger partial charge in [-0.1, -0.05) is 19.8 Å². The maximum atomic E-state index is 13.0. The van der Waals surface area contributed by atoms with Crippen LogP contribution in [0.1, 0.15) is 49.4 Å². The van der Waals surface area contributed by atoms with E-state index in [2.05, 4.69) is 15.2 Å². The molecule has 0 radical (unpaired) electrons. The van der Waals surface area contributed by atoms with Crippen LogP contribution < -0.4 is 25.6 Å². The minimum Gasteiger partial charge on any atom is -0.495 e. The first kappa shape index (κ1) is 20.9. The van der Waals surface area contributed by atoms with E-state index < -0.39 is 5.91 Å². The van der Waals surface area contributed by atoms with Gasteiger partial charge in [0.15, 0.2) is 5.82 Å². The summed E-state index contributed by atoms with van der Waals surface area (Å²) in [6.45, 7) is 2.04. The number of hydrogen-bond acceptors (Lipinski definition) is 7. The smallest absolute Gasteiger partial charge is 0.249 e. The van der Waals surface area contributed by atoms with Gasteiger partial charge in [-0.25, -0.2) is 4.98 Å². The van der Waals surface area contributed by atoms with Crippen LogP contribution in [-0.4, -0.2) is 48.0 Å². The number of rotatable bonds is 6. The summed E-state index contributed by atoms with van der Waals surface area (Å²) >= 11 is 0. The predicted octanol–water partition coefficient (Wildman–Crippen LogP) is 2.83. The first-order chi connectivity index (χ1) is 14.9. The molecule has 1 unspecified atom stereocenters. The lowest BCUT2D eigenvalue weighted by atomic mass is 10.0. The average molecular weight is 425 g/mol. The molecule has 2 amide bonds. The first-order valence-electron chi connectivity index (χ1n) is 10.6. The summed E-state index contributed by atoms with van der Waals surface area (Å²) in [4.78, 5) is 37.5. The molecule has 1 saturated carbocycles. The Labute approximate surface area is 181 Å². The van der Waals surface area contributed by atoms with Crippen molar-refractivity contribution in [3.63, 3.8) is 0 Å². The molecule has 3 N–H and O–H groups in total. The molecule has 164 valence electrons. The highest BCUT2D eigenvalue weighted by atomic mass is 16.5. The minimum atomic E-state index is -0.527. The van der Waals surface area contributed by atoms with Crippen molar-refractivity contribution in [3.05, 3.63) is 30.0 Å². The number of benzene rings is 1. The third kappa shape index (κ3) is 3.75. The number of carbonyl (C=O) groups excluding carboxylic acids is 2. The van der Waals surface area contributed by atoms with Gasteiger partial charge in [-0.2, -0.15) is 4.98 Å². The Kier molecular flexibility index (Phi) is 5.67. The second-order valence-corrected chi connectivity index (χ2v) is 7.97. The van der Waals surface area contributed by atoms with Crippen molar-refractivity contribution in [2.45, 2.75) is 51.1 Å². The SMILES string of the molecule is CCC1C(=O)N(C)c2cnc(Nc3ccc(C(N)=O)cc3OC)nc2N1C1CCCC1. The van der Waals surface area contributed by atoms with Crippen molar-refractivity contribution >= 4 is 35.0 Å². The molecule has 2 aromatic rings. The van der Waals surface area contributed by atoms with Crippen LogP contribution in [0, 0.1) is 0 Å². The number of amides is 2. The largest absolute Gasteiger partial charge is 0.495 e. The highest BCUT2D eigenvalue weighted by molar-refractivity contribution is 6.04. The number of methoxy groups -OCH3 is 1. The van der Waals surface area contributed by atoms with Crippen LogP contribution in [0.3, 0.4) is 0 Å². The maximum absolute atomic E-state index is 13.0. The van der Waals surface area contributed by atoms with Crippen LogP contribution in [0.15, 0.2) is 24.4 Å². The van der Waals surface area contributed by atoms with Gasteiger partial charge >= 0.3 is 0 Å². The summed E-state index contributed by atoms with van der Waals surface area (Å²) in [5.74, 6) is 1.18. The molecule has 1 aromatic carbocycles. The van der Waals surface area contributed by atoms with E-state index in [4.69, 9.17) is 15.5 Å². The second kappa shape index (κ2) is 8.41. The van der Waals surface area contributed by atoms with Gasteiger partial charge in [-0.3, -0.25) is 9.59 Å². The van der Waals surface area contributed by atoms with Crippen molar-refractivity contribution in [2.24, 2.45) is 5.73 Å². The summed E-state index contributed by atoms with van der Waals surface area (Å²) in [6.07, 6.45) is 6.84. The van der Waals surface area contributed by atoms with Crippen LogP contribution >= 0.6 is 0 Å². The molecule has 2 aliphatic rings. The lowest BCUT2D eigenvalue weighted by molar-refractivity contribution is -0.120. The van der Waals surface area contributed by atoms with E-state index in [-0.39, 0.29) is 11.9 Å². The molecule has 0 bridgehead atoms. The average Bonchev–Trinajstić information content (AvgIpc) is 3.30. The van der Waals surface area contributed by atoms with E-state index in [9.17, 15) is 9.59 Å². The molecule has 9 nitrogen and oxygen atoms in total. The number of fused-ring (bicyclic) bond motifs is 1. The zero-order valence-corrected chi connectivity index (χ0v) is 18.1. The fraction of sp³-hybridized carbons (Fsp3) is 0.455. The van der Waals surface area contributed by atoms with Gasteiger partial charge in [0, 0.05) is 18.7 Å². The molecule has 0 spiro atoms. The molecular formula is C22H28N6O3. The maximum Gasteiger partial charge on any atom is 0.249 e. The Hall–Kier alpha value is -3.36. The summed E-state index contributed by atoms with van der Waals surface area (Å²) in [5, 5.41) is 3.18. The normalized spacial score (nSPS) is 18.8. The number of carbonyl (C=O) groups is 2. The van der Waals surface area contributed by atoms with Gasteiger partial charge in [-0.15, -0.1) is 0 Å². The number of likely N-dealkylation sites (N-methyl/N-ethyl adjacent to an activating group) is 1. The van der Waals surface area contributed by atoms with Crippen molar-refractivity contribution < 1.29 is 14.3 Å². The monoisotopic (exact) mass is 424 g/mol. The fourth-order valence-electron chi connectivity index (χ4n) is 4.51. The van der Waals surface area contributed by atoms with E-state index >= 15 is 0 Å². The van der Waals surface area contributed by atoms with Crippen molar-refractivity contribution in [3.8, 4) is 5.75 Å². The lowest BCUT2D eigenvalue weighted by Crippen LogP contribution is -2.55. The molecule has 9 heteroatoms. The molecule has 1 atom stereocenters. The van der Waals surface area contributed by atoms with Crippen LogP contribution in [-0.2, 0) is 4.79 Å². The molecule has 0 saturated heterocycles. The molecule has 4 rings (SSSR count). The van der Waals surface area contributed by atoms with Crippen molar-refractivity contribution in [1.82, 2.24) is 9.97 Å². The molecule has 1 fully saturated rings. The number of aromatic nitrogens is 2. The van der Waals surface area contributed by atoms with Gasteiger partial charge < -0.3 is 25.6 Å². The van der Waals surface area contributed by atoms with Crippen LogP contribution in [0.5, 0.6) is 5.75 Å². The number of nitrogens with two attached hydrogens (primary N) is 1. The van der Waals surface area contributed by atoms with Crippen molar-refractivity contribution in [1.29, 1.82) is 0 Å². The molecule has 31 heavy (non-hydrogen) atoms. The quantitative estimate of drug-likeness (QED) is 0.733.